The maximum absolute atomic E-state index is 13.0. The number of nitrogens with one attached hydrogen (secondary N) is 1. The molecule has 9 heteroatoms. The summed E-state index contributed by atoms with van der Waals surface area (Å²) in [6.45, 7) is 1.02. The Morgan fingerprint density at radius 3 is 2.67 bits per heavy atom. The number of hydrogen-bond donors (Lipinski definition) is 1. The van der Waals surface area contributed by atoms with Crippen LogP contribution in [0.4, 0.5) is 14.5 Å². The third-order valence-corrected chi connectivity index (χ3v) is 5.90. The molecular formula is C27H24F2N4O3. The zero-order valence-corrected chi connectivity index (χ0v) is 19.4. The van der Waals surface area contributed by atoms with Gasteiger partial charge in [-0.3, -0.25) is 14.7 Å². The number of nitrogens with zero attached hydrogens (tertiary/aromatic N) is 3. The number of benzene rings is 2. The van der Waals surface area contributed by atoms with E-state index in [1.165, 1.54) is 12.1 Å². The van der Waals surface area contributed by atoms with Crippen LogP contribution in [0.1, 0.15) is 16.2 Å². The minimum Gasteiger partial charge on any atom is -0.435 e. The Morgan fingerprint density at radius 1 is 1.06 bits per heavy atom. The number of amides is 1. The number of carbonyl (C=O) groups is 1. The van der Waals surface area contributed by atoms with Crippen LogP contribution in [0.3, 0.4) is 0 Å². The number of morpholine rings is 1. The second-order valence-corrected chi connectivity index (χ2v) is 8.36. The fraction of sp³-hybridized carbons (Fsp3) is 0.222. The van der Waals surface area contributed by atoms with Gasteiger partial charge in [0, 0.05) is 30.6 Å². The molecule has 2 aromatic carbocycles. The van der Waals surface area contributed by atoms with Crippen molar-refractivity contribution in [2.75, 3.05) is 31.6 Å². The van der Waals surface area contributed by atoms with E-state index in [4.69, 9.17) is 4.74 Å². The average Bonchev–Trinajstić information content (AvgIpc) is 2.89. The molecular weight excluding hydrogens is 466 g/mol. The lowest BCUT2D eigenvalue weighted by atomic mass is 10.0. The summed E-state index contributed by atoms with van der Waals surface area (Å²) in [7, 11) is 0. The molecule has 0 bridgehead atoms. The van der Waals surface area contributed by atoms with E-state index in [2.05, 4.69) is 24.9 Å². The van der Waals surface area contributed by atoms with Crippen LogP contribution in [0.5, 0.6) is 5.75 Å². The summed E-state index contributed by atoms with van der Waals surface area (Å²) in [6.07, 6.45) is 1.63. The highest BCUT2D eigenvalue weighted by molar-refractivity contribution is 6.05. The standard InChI is InChI=1S/C27H24F2N4O3/c28-27(29)36-22-5-1-4-19(15-22)23-6-2-3-18-7-10-24(32-25(18)23)26(34)31-20-8-9-21(30-16-20)17-33-11-13-35-14-12-33/h1-10,15-16,27H,11-14,17H2,(H,31,34). The molecule has 4 aromatic rings. The SMILES string of the molecule is O=C(Nc1ccc(CN2CCOCC2)nc1)c1ccc2cccc(-c3cccc(OC(F)F)c3)c2n1. The largest absolute Gasteiger partial charge is 0.435 e. The number of alkyl halides is 2. The second kappa shape index (κ2) is 10.8. The van der Waals surface area contributed by atoms with Gasteiger partial charge in [0.15, 0.2) is 0 Å². The Kier molecular flexibility index (Phi) is 7.11. The van der Waals surface area contributed by atoms with E-state index >= 15 is 0 Å². The number of para-hydroxylation sites is 1. The third kappa shape index (κ3) is 5.64. The van der Waals surface area contributed by atoms with E-state index in [9.17, 15) is 13.6 Å². The first kappa shape index (κ1) is 23.8. The first-order valence-corrected chi connectivity index (χ1v) is 11.6. The molecule has 0 spiro atoms. The molecule has 1 N–H and O–H groups in total. The number of carbonyl (C=O) groups excluding carboxylic acids is 1. The molecule has 0 radical (unpaired) electrons. The highest BCUT2D eigenvalue weighted by Gasteiger charge is 2.14. The molecule has 3 heterocycles. The number of fused-ring (bicyclic) bond motifs is 1. The molecule has 7 nitrogen and oxygen atoms in total. The lowest BCUT2D eigenvalue weighted by Crippen LogP contribution is -2.35. The Bertz CT molecular complexity index is 1360. The Hall–Kier alpha value is -3.95. The maximum Gasteiger partial charge on any atom is 0.387 e. The molecule has 0 atom stereocenters. The van der Waals surface area contributed by atoms with Crippen LogP contribution in [0.2, 0.25) is 0 Å². The smallest absolute Gasteiger partial charge is 0.387 e. The van der Waals surface area contributed by atoms with Crippen molar-refractivity contribution >= 4 is 22.5 Å². The van der Waals surface area contributed by atoms with Gasteiger partial charge in [-0.05, 0) is 35.9 Å². The predicted molar refractivity (Wildman–Crippen MR) is 132 cm³/mol. The number of rotatable bonds is 7. The fourth-order valence-electron chi connectivity index (χ4n) is 4.12. The summed E-state index contributed by atoms with van der Waals surface area (Å²) < 4.78 is 35.2. The summed E-state index contributed by atoms with van der Waals surface area (Å²) in [5.41, 5.74) is 3.66. The van der Waals surface area contributed by atoms with Gasteiger partial charge in [0.05, 0.1) is 36.3 Å². The normalized spacial score (nSPS) is 14.2. The average molecular weight is 491 g/mol. The number of hydrogen-bond acceptors (Lipinski definition) is 6. The predicted octanol–water partition coefficient (Wildman–Crippen LogP) is 4.98. The molecule has 1 aliphatic rings. The van der Waals surface area contributed by atoms with Crippen molar-refractivity contribution < 1.29 is 23.0 Å². The quantitative estimate of drug-likeness (QED) is 0.394. The lowest BCUT2D eigenvalue weighted by molar-refractivity contribution is -0.0498. The van der Waals surface area contributed by atoms with Crippen molar-refractivity contribution in [3.05, 3.63) is 84.3 Å². The summed E-state index contributed by atoms with van der Waals surface area (Å²) in [4.78, 5) is 24.3. The molecule has 184 valence electrons. The van der Waals surface area contributed by atoms with Crippen LogP contribution >= 0.6 is 0 Å². The molecule has 0 aliphatic carbocycles. The van der Waals surface area contributed by atoms with Gasteiger partial charge in [-0.2, -0.15) is 8.78 Å². The van der Waals surface area contributed by atoms with E-state index in [0.717, 1.165) is 43.9 Å². The summed E-state index contributed by atoms with van der Waals surface area (Å²) in [6, 6.07) is 19.1. The molecule has 1 fully saturated rings. The van der Waals surface area contributed by atoms with Crippen LogP contribution in [0, 0.1) is 0 Å². The monoisotopic (exact) mass is 490 g/mol. The zero-order valence-electron chi connectivity index (χ0n) is 19.4. The minimum atomic E-state index is -2.91. The highest BCUT2D eigenvalue weighted by Crippen LogP contribution is 2.30. The molecule has 1 aliphatic heterocycles. The van der Waals surface area contributed by atoms with Gasteiger partial charge in [-0.15, -0.1) is 0 Å². The van der Waals surface area contributed by atoms with Gasteiger partial charge in [-0.25, -0.2) is 4.98 Å². The first-order valence-electron chi connectivity index (χ1n) is 11.6. The van der Waals surface area contributed by atoms with Crippen molar-refractivity contribution in [2.24, 2.45) is 0 Å². The number of pyridine rings is 2. The molecule has 2 aromatic heterocycles. The number of halogens is 2. The maximum atomic E-state index is 13.0. The van der Waals surface area contributed by atoms with E-state index in [1.54, 1.807) is 24.4 Å². The topological polar surface area (TPSA) is 76.6 Å². The number of anilines is 1. The van der Waals surface area contributed by atoms with Crippen LogP contribution < -0.4 is 10.1 Å². The third-order valence-electron chi connectivity index (χ3n) is 5.90. The molecule has 1 amide bonds. The van der Waals surface area contributed by atoms with Gasteiger partial charge < -0.3 is 14.8 Å². The number of aromatic nitrogens is 2. The van der Waals surface area contributed by atoms with Crippen molar-refractivity contribution in [1.82, 2.24) is 14.9 Å². The summed E-state index contributed by atoms with van der Waals surface area (Å²) >= 11 is 0. The van der Waals surface area contributed by atoms with Crippen LogP contribution in [-0.4, -0.2) is 53.7 Å². The Balaban J connectivity index is 1.34. The van der Waals surface area contributed by atoms with Crippen LogP contribution in [-0.2, 0) is 11.3 Å². The van der Waals surface area contributed by atoms with E-state index in [-0.39, 0.29) is 17.4 Å². The van der Waals surface area contributed by atoms with E-state index in [0.29, 0.717) is 22.3 Å². The molecule has 1 saturated heterocycles. The van der Waals surface area contributed by atoms with E-state index < -0.39 is 6.61 Å². The van der Waals surface area contributed by atoms with E-state index in [1.807, 2.05) is 36.4 Å². The molecule has 36 heavy (non-hydrogen) atoms. The first-order chi connectivity index (χ1) is 17.5. The highest BCUT2D eigenvalue weighted by atomic mass is 19.3. The molecule has 5 rings (SSSR count). The van der Waals surface area contributed by atoms with Gasteiger partial charge in [0.2, 0.25) is 0 Å². The van der Waals surface area contributed by atoms with Gasteiger partial charge in [-0.1, -0.05) is 36.4 Å². The summed E-state index contributed by atoms with van der Waals surface area (Å²) in [5.74, 6) is -0.317. The summed E-state index contributed by atoms with van der Waals surface area (Å²) in [5, 5.41) is 3.66. The zero-order chi connectivity index (χ0) is 24.9. The fourth-order valence-corrected chi connectivity index (χ4v) is 4.12. The van der Waals surface area contributed by atoms with Crippen molar-refractivity contribution in [3.8, 4) is 16.9 Å². The van der Waals surface area contributed by atoms with Gasteiger partial charge in [0.1, 0.15) is 11.4 Å². The van der Waals surface area contributed by atoms with Crippen LogP contribution in [0.25, 0.3) is 22.0 Å². The Morgan fingerprint density at radius 2 is 1.89 bits per heavy atom. The van der Waals surface area contributed by atoms with Crippen molar-refractivity contribution in [1.29, 1.82) is 0 Å². The van der Waals surface area contributed by atoms with Gasteiger partial charge >= 0.3 is 6.61 Å². The Labute approximate surface area is 206 Å². The number of ether oxygens (including phenoxy) is 2. The van der Waals surface area contributed by atoms with Crippen molar-refractivity contribution in [2.45, 2.75) is 13.2 Å². The van der Waals surface area contributed by atoms with Crippen molar-refractivity contribution in [3.63, 3.8) is 0 Å². The molecule has 0 saturated carbocycles. The minimum absolute atomic E-state index is 0.0537. The molecule has 0 unspecified atom stereocenters. The second-order valence-electron chi connectivity index (χ2n) is 8.36. The lowest BCUT2D eigenvalue weighted by Gasteiger charge is -2.26. The van der Waals surface area contributed by atoms with Gasteiger partial charge in [0.25, 0.3) is 5.91 Å². The van der Waals surface area contributed by atoms with Crippen LogP contribution in [0.15, 0.2) is 72.9 Å².